The van der Waals surface area contributed by atoms with Crippen molar-refractivity contribution in [2.45, 2.75) is 19.3 Å². The molecule has 0 bridgehead atoms. The number of nitrogens with zero attached hydrogens (tertiary/aromatic N) is 2. The summed E-state index contributed by atoms with van der Waals surface area (Å²) in [4.78, 5) is 7.41. The monoisotopic (exact) mass is 291 g/mol. The van der Waals surface area contributed by atoms with Crippen molar-refractivity contribution < 1.29 is 4.74 Å². The van der Waals surface area contributed by atoms with E-state index in [4.69, 9.17) is 10.00 Å². The van der Waals surface area contributed by atoms with Crippen molar-refractivity contribution in [3.05, 3.63) is 60.2 Å². The molecule has 22 heavy (non-hydrogen) atoms. The number of H-pyrrole nitrogens is 1. The summed E-state index contributed by atoms with van der Waals surface area (Å²) in [5.74, 6) is 1.80. The summed E-state index contributed by atoms with van der Waals surface area (Å²) in [7, 11) is 0. The molecule has 0 fully saturated rings. The molecule has 2 aromatic carbocycles. The zero-order valence-corrected chi connectivity index (χ0v) is 12.2. The van der Waals surface area contributed by atoms with E-state index in [-0.39, 0.29) is 0 Å². The first kappa shape index (κ1) is 14.2. The SMILES string of the molecule is N#CCc1cnc(CCCOc2ccc3ccccc3c2)[nH]1. The zero-order valence-electron chi connectivity index (χ0n) is 12.2. The van der Waals surface area contributed by atoms with Crippen LogP contribution >= 0.6 is 0 Å². The summed E-state index contributed by atoms with van der Waals surface area (Å²) in [6.45, 7) is 0.645. The third kappa shape index (κ3) is 3.44. The van der Waals surface area contributed by atoms with Gasteiger partial charge >= 0.3 is 0 Å². The Kier molecular flexibility index (Phi) is 4.35. The Morgan fingerprint density at radius 1 is 1.14 bits per heavy atom. The molecule has 0 aliphatic rings. The van der Waals surface area contributed by atoms with Gasteiger partial charge < -0.3 is 9.72 Å². The number of hydrogen-bond donors (Lipinski definition) is 1. The summed E-state index contributed by atoms with van der Waals surface area (Å²) >= 11 is 0. The number of aromatic nitrogens is 2. The number of nitrogens with one attached hydrogen (secondary N) is 1. The number of imidazole rings is 1. The minimum Gasteiger partial charge on any atom is -0.494 e. The largest absolute Gasteiger partial charge is 0.494 e. The van der Waals surface area contributed by atoms with Crippen molar-refractivity contribution in [3.8, 4) is 11.8 Å². The summed E-state index contributed by atoms with van der Waals surface area (Å²) in [5.41, 5.74) is 0.868. The van der Waals surface area contributed by atoms with E-state index in [0.717, 1.165) is 30.1 Å². The second kappa shape index (κ2) is 6.77. The fraction of sp³-hybridized carbons (Fsp3) is 0.222. The Balaban J connectivity index is 1.50. The molecule has 4 nitrogen and oxygen atoms in total. The summed E-state index contributed by atoms with van der Waals surface area (Å²) in [6, 6.07) is 16.5. The van der Waals surface area contributed by atoms with Crippen molar-refractivity contribution in [2.75, 3.05) is 6.61 Å². The third-order valence-electron chi connectivity index (χ3n) is 3.50. The molecule has 0 saturated carbocycles. The minimum atomic E-state index is 0.376. The molecule has 4 heteroatoms. The van der Waals surface area contributed by atoms with E-state index in [1.807, 2.05) is 18.2 Å². The Bertz CT molecular complexity index is 801. The lowest BCUT2D eigenvalue weighted by Gasteiger charge is -2.06. The Hall–Kier alpha value is -2.80. The van der Waals surface area contributed by atoms with E-state index in [2.05, 4.69) is 40.3 Å². The van der Waals surface area contributed by atoms with Crippen LogP contribution in [0.25, 0.3) is 10.8 Å². The molecule has 0 aliphatic heterocycles. The van der Waals surface area contributed by atoms with Gasteiger partial charge in [-0.25, -0.2) is 4.98 Å². The van der Waals surface area contributed by atoms with Gasteiger partial charge in [0, 0.05) is 18.3 Å². The minimum absolute atomic E-state index is 0.376. The molecule has 3 aromatic rings. The maximum Gasteiger partial charge on any atom is 0.119 e. The quantitative estimate of drug-likeness (QED) is 0.705. The van der Waals surface area contributed by atoms with E-state index in [0.29, 0.717) is 13.0 Å². The topological polar surface area (TPSA) is 61.7 Å². The molecule has 110 valence electrons. The van der Waals surface area contributed by atoms with Crippen molar-refractivity contribution in [1.29, 1.82) is 5.26 Å². The highest BCUT2D eigenvalue weighted by atomic mass is 16.5. The van der Waals surface area contributed by atoms with Crippen LogP contribution in [0, 0.1) is 11.3 Å². The highest BCUT2D eigenvalue weighted by Gasteiger charge is 2.01. The third-order valence-corrected chi connectivity index (χ3v) is 3.50. The lowest BCUT2D eigenvalue weighted by molar-refractivity contribution is 0.310. The molecule has 0 radical (unpaired) electrons. The van der Waals surface area contributed by atoms with Gasteiger partial charge in [0.05, 0.1) is 19.1 Å². The normalized spacial score (nSPS) is 10.5. The van der Waals surface area contributed by atoms with Crippen LogP contribution in [0.15, 0.2) is 48.7 Å². The Labute approximate surface area is 129 Å². The molecule has 3 rings (SSSR count). The zero-order chi connectivity index (χ0) is 15.2. The van der Waals surface area contributed by atoms with Crippen LogP contribution in [0.5, 0.6) is 5.75 Å². The number of fused-ring (bicyclic) bond motifs is 1. The number of nitriles is 1. The first-order valence-electron chi connectivity index (χ1n) is 7.36. The van der Waals surface area contributed by atoms with Gasteiger partial charge in [-0.2, -0.15) is 5.26 Å². The second-order valence-electron chi connectivity index (χ2n) is 5.15. The predicted molar refractivity (Wildman–Crippen MR) is 85.7 cm³/mol. The molecule has 0 atom stereocenters. The number of rotatable bonds is 6. The van der Waals surface area contributed by atoms with Crippen molar-refractivity contribution in [2.24, 2.45) is 0 Å². The van der Waals surface area contributed by atoms with E-state index in [9.17, 15) is 0 Å². The Morgan fingerprint density at radius 2 is 2.00 bits per heavy atom. The molecule has 0 unspecified atom stereocenters. The lowest BCUT2D eigenvalue weighted by atomic mass is 10.1. The molecule has 0 amide bonds. The molecule has 0 aliphatic carbocycles. The first-order valence-corrected chi connectivity index (χ1v) is 7.36. The standard InChI is InChI=1S/C18H17N3O/c19-10-9-16-13-20-18(21-16)6-3-11-22-17-8-7-14-4-1-2-5-15(14)12-17/h1-2,4-5,7-8,12-13H,3,6,9,11H2,(H,20,21). The van der Waals surface area contributed by atoms with Gasteiger partial charge in [-0.15, -0.1) is 0 Å². The van der Waals surface area contributed by atoms with Gasteiger partial charge in [0.1, 0.15) is 11.6 Å². The second-order valence-corrected chi connectivity index (χ2v) is 5.15. The molecular weight excluding hydrogens is 274 g/mol. The van der Waals surface area contributed by atoms with E-state index in [1.165, 1.54) is 10.8 Å². The smallest absolute Gasteiger partial charge is 0.119 e. The molecule has 1 heterocycles. The maximum absolute atomic E-state index is 8.63. The van der Waals surface area contributed by atoms with Crippen LogP contribution < -0.4 is 4.74 Å². The van der Waals surface area contributed by atoms with Gasteiger partial charge in [-0.1, -0.05) is 30.3 Å². The average molecular weight is 291 g/mol. The number of ether oxygens (including phenoxy) is 1. The maximum atomic E-state index is 8.63. The fourth-order valence-electron chi connectivity index (χ4n) is 2.39. The number of hydrogen-bond acceptors (Lipinski definition) is 3. The van der Waals surface area contributed by atoms with Crippen LogP contribution in [0.1, 0.15) is 17.9 Å². The van der Waals surface area contributed by atoms with E-state index < -0.39 is 0 Å². The average Bonchev–Trinajstić information content (AvgIpc) is 2.99. The molecule has 1 aromatic heterocycles. The number of aryl methyl sites for hydroxylation is 1. The highest BCUT2D eigenvalue weighted by Crippen LogP contribution is 2.20. The number of benzene rings is 2. The fourth-order valence-corrected chi connectivity index (χ4v) is 2.39. The van der Waals surface area contributed by atoms with Gasteiger partial charge in [-0.3, -0.25) is 0 Å². The Morgan fingerprint density at radius 3 is 2.86 bits per heavy atom. The van der Waals surface area contributed by atoms with Crippen LogP contribution in [0.4, 0.5) is 0 Å². The van der Waals surface area contributed by atoms with Gasteiger partial charge in [0.15, 0.2) is 0 Å². The lowest BCUT2D eigenvalue weighted by Crippen LogP contribution is -2.00. The van der Waals surface area contributed by atoms with Crippen LogP contribution in [0.2, 0.25) is 0 Å². The molecule has 1 N–H and O–H groups in total. The summed E-state index contributed by atoms with van der Waals surface area (Å²) < 4.78 is 5.80. The van der Waals surface area contributed by atoms with Gasteiger partial charge in [-0.05, 0) is 29.3 Å². The molecular formula is C18H17N3O. The molecule has 0 saturated heterocycles. The van der Waals surface area contributed by atoms with Crippen LogP contribution in [-0.4, -0.2) is 16.6 Å². The summed E-state index contributed by atoms with van der Waals surface area (Å²) in [6.07, 6.45) is 3.80. The van der Waals surface area contributed by atoms with Crippen LogP contribution in [0.3, 0.4) is 0 Å². The summed E-state index contributed by atoms with van der Waals surface area (Å²) in [5, 5.41) is 11.0. The van der Waals surface area contributed by atoms with Crippen molar-refractivity contribution >= 4 is 10.8 Å². The number of aromatic amines is 1. The highest BCUT2D eigenvalue weighted by molar-refractivity contribution is 5.83. The van der Waals surface area contributed by atoms with Gasteiger partial charge in [0.25, 0.3) is 0 Å². The van der Waals surface area contributed by atoms with E-state index >= 15 is 0 Å². The van der Waals surface area contributed by atoms with E-state index in [1.54, 1.807) is 6.20 Å². The predicted octanol–water partition coefficient (Wildman–Crippen LogP) is 3.64. The van der Waals surface area contributed by atoms with Crippen molar-refractivity contribution in [1.82, 2.24) is 9.97 Å². The van der Waals surface area contributed by atoms with Crippen molar-refractivity contribution in [3.63, 3.8) is 0 Å². The van der Waals surface area contributed by atoms with Crippen LogP contribution in [-0.2, 0) is 12.8 Å². The first-order chi connectivity index (χ1) is 10.8. The molecule has 0 spiro atoms. The van der Waals surface area contributed by atoms with Gasteiger partial charge in [0.2, 0.25) is 0 Å².